The molecule has 0 bridgehead atoms. The normalized spacial score (nSPS) is 14.0. The first-order valence-electron chi connectivity index (χ1n) is 8.27. The van der Waals surface area contributed by atoms with Crippen LogP contribution in [0.5, 0.6) is 0 Å². The van der Waals surface area contributed by atoms with Crippen molar-refractivity contribution >= 4 is 58.1 Å². The predicted octanol–water partition coefficient (Wildman–Crippen LogP) is 0.304. The third kappa shape index (κ3) is 5.56. The summed E-state index contributed by atoms with van der Waals surface area (Å²) in [6, 6.07) is 6.83. The average Bonchev–Trinajstić information content (AvgIpc) is 2.64. The molecule has 154 valence electrons. The Hall–Kier alpha value is -2.89. The van der Waals surface area contributed by atoms with Crippen molar-refractivity contribution in [3.63, 3.8) is 0 Å². The van der Waals surface area contributed by atoms with E-state index >= 15 is 0 Å². The van der Waals surface area contributed by atoms with E-state index in [1.165, 1.54) is 0 Å². The lowest BCUT2D eigenvalue weighted by Gasteiger charge is -2.31. The second-order valence-electron chi connectivity index (χ2n) is 6.07. The van der Waals surface area contributed by atoms with E-state index in [-0.39, 0.29) is 10.2 Å². The molecule has 1 aliphatic rings. The first-order chi connectivity index (χ1) is 13.6. The Morgan fingerprint density at radius 2 is 1.31 bits per heavy atom. The average molecular weight is 454 g/mol. The van der Waals surface area contributed by atoms with E-state index < -0.39 is 17.7 Å². The zero-order chi connectivity index (χ0) is 21.7. The zero-order valence-electron chi connectivity index (χ0n) is 15.6. The minimum absolute atomic E-state index is 0.103. The van der Waals surface area contributed by atoms with Gasteiger partial charge < -0.3 is 16.8 Å². The lowest BCUT2D eigenvalue weighted by Crippen LogP contribution is -2.49. The number of rotatable bonds is 3. The second kappa shape index (κ2) is 9.54. The van der Waals surface area contributed by atoms with Crippen LogP contribution < -0.4 is 38.5 Å². The molecule has 12 heteroatoms. The van der Waals surface area contributed by atoms with Crippen molar-refractivity contribution in [1.82, 2.24) is 27.0 Å². The molecule has 1 aliphatic heterocycles. The molecule has 0 radical (unpaired) electrons. The maximum atomic E-state index is 12.9. The van der Waals surface area contributed by atoms with Gasteiger partial charge in [0.05, 0.1) is 0 Å². The number of nitrogens with one attached hydrogen (secondary N) is 5. The van der Waals surface area contributed by atoms with Crippen molar-refractivity contribution in [2.75, 3.05) is 0 Å². The highest BCUT2D eigenvalue weighted by Crippen LogP contribution is 2.38. The Morgan fingerprint density at radius 1 is 0.897 bits per heavy atom. The standard InChI is InChI=1S/C17H20ClN7O2S2/c1-7-11(14(26)22-24-16(19)28)13(9-3-5-10(18)6-4-9)12(8(2)21-7)15(27)23-25-17(20)29/h3-6,13,21H,1-2H3,(H,22,26)(H,23,27)(H3,19,24,28)(H3,20,25,29). The van der Waals surface area contributed by atoms with Gasteiger partial charge in [0.15, 0.2) is 10.2 Å². The van der Waals surface area contributed by atoms with Crippen LogP contribution in [0, 0.1) is 0 Å². The second-order valence-corrected chi connectivity index (χ2v) is 7.39. The van der Waals surface area contributed by atoms with Gasteiger partial charge in [-0.25, -0.2) is 0 Å². The predicted molar refractivity (Wildman–Crippen MR) is 119 cm³/mol. The van der Waals surface area contributed by atoms with Gasteiger partial charge in [-0.1, -0.05) is 23.7 Å². The number of hydrogen-bond acceptors (Lipinski definition) is 5. The number of benzene rings is 1. The highest BCUT2D eigenvalue weighted by atomic mass is 35.5. The summed E-state index contributed by atoms with van der Waals surface area (Å²) >= 11 is 15.5. The molecule has 0 spiro atoms. The minimum atomic E-state index is -0.713. The van der Waals surface area contributed by atoms with Gasteiger partial charge in [0.1, 0.15) is 0 Å². The molecule has 9 N–H and O–H groups in total. The van der Waals surface area contributed by atoms with Gasteiger partial charge in [-0.15, -0.1) is 0 Å². The van der Waals surface area contributed by atoms with Crippen LogP contribution in [0.3, 0.4) is 0 Å². The lowest BCUT2D eigenvalue weighted by molar-refractivity contribution is -0.118. The van der Waals surface area contributed by atoms with E-state index in [9.17, 15) is 9.59 Å². The Balaban J connectivity index is 2.53. The van der Waals surface area contributed by atoms with Crippen molar-refractivity contribution in [3.05, 3.63) is 57.4 Å². The van der Waals surface area contributed by atoms with Gasteiger partial charge in [0.25, 0.3) is 11.8 Å². The van der Waals surface area contributed by atoms with E-state index in [1.807, 2.05) is 0 Å². The number of dihydropyridines is 1. The smallest absolute Gasteiger partial charge is 0.268 e. The molecule has 1 aromatic carbocycles. The number of halogens is 1. The molecule has 1 aromatic rings. The van der Waals surface area contributed by atoms with Crippen LogP contribution in [0.15, 0.2) is 46.8 Å². The fraction of sp³-hybridized carbons (Fsp3) is 0.176. The largest absolute Gasteiger partial charge is 0.375 e. The quantitative estimate of drug-likeness (QED) is 0.253. The summed E-state index contributed by atoms with van der Waals surface area (Å²) in [4.78, 5) is 25.8. The monoisotopic (exact) mass is 453 g/mol. The first-order valence-corrected chi connectivity index (χ1v) is 9.46. The fourth-order valence-electron chi connectivity index (χ4n) is 2.96. The van der Waals surface area contributed by atoms with E-state index in [0.29, 0.717) is 33.1 Å². The molecule has 29 heavy (non-hydrogen) atoms. The molecular formula is C17H20ClN7O2S2. The number of carbonyl (C=O) groups excluding carboxylic acids is 2. The zero-order valence-corrected chi connectivity index (χ0v) is 17.9. The number of hydrazine groups is 2. The van der Waals surface area contributed by atoms with E-state index in [2.05, 4.69) is 27.0 Å². The van der Waals surface area contributed by atoms with E-state index in [4.69, 9.17) is 47.5 Å². The Morgan fingerprint density at radius 3 is 1.69 bits per heavy atom. The maximum absolute atomic E-state index is 12.9. The molecular weight excluding hydrogens is 434 g/mol. The van der Waals surface area contributed by atoms with Crippen LogP contribution in [0.4, 0.5) is 0 Å². The van der Waals surface area contributed by atoms with Crippen molar-refractivity contribution in [2.45, 2.75) is 19.8 Å². The molecule has 0 saturated carbocycles. The summed E-state index contributed by atoms with van der Waals surface area (Å²) < 4.78 is 0. The van der Waals surface area contributed by atoms with Gasteiger partial charge in [-0.05, 0) is 56.0 Å². The van der Waals surface area contributed by atoms with Gasteiger partial charge in [-0.2, -0.15) is 0 Å². The van der Waals surface area contributed by atoms with Crippen LogP contribution in [-0.2, 0) is 9.59 Å². The molecule has 9 nitrogen and oxygen atoms in total. The van der Waals surface area contributed by atoms with Crippen molar-refractivity contribution in [2.24, 2.45) is 11.5 Å². The molecule has 2 amide bonds. The highest BCUT2D eigenvalue weighted by Gasteiger charge is 2.36. The van der Waals surface area contributed by atoms with Crippen molar-refractivity contribution < 1.29 is 9.59 Å². The molecule has 0 unspecified atom stereocenters. The number of nitrogens with two attached hydrogens (primary N) is 2. The number of carbonyl (C=O) groups is 2. The van der Waals surface area contributed by atoms with Crippen molar-refractivity contribution in [1.29, 1.82) is 0 Å². The summed E-state index contributed by atoms with van der Waals surface area (Å²) in [6.45, 7) is 3.45. The van der Waals surface area contributed by atoms with Gasteiger partial charge in [-0.3, -0.25) is 31.3 Å². The molecule has 1 heterocycles. The number of hydrogen-bond donors (Lipinski definition) is 7. The van der Waals surface area contributed by atoms with Crippen LogP contribution >= 0.6 is 36.0 Å². The molecule has 0 saturated heterocycles. The van der Waals surface area contributed by atoms with Crippen LogP contribution in [0.25, 0.3) is 0 Å². The highest BCUT2D eigenvalue weighted by molar-refractivity contribution is 7.80. The van der Waals surface area contributed by atoms with Gasteiger partial charge in [0.2, 0.25) is 0 Å². The van der Waals surface area contributed by atoms with Gasteiger partial charge >= 0.3 is 0 Å². The Labute approximate surface area is 183 Å². The summed E-state index contributed by atoms with van der Waals surface area (Å²) in [5.74, 6) is -1.74. The lowest BCUT2D eigenvalue weighted by atomic mass is 9.80. The molecule has 0 atom stereocenters. The van der Waals surface area contributed by atoms with E-state index in [1.54, 1.807) is 38.1 Å². The van der Waals surface area contributed by atoms with Crippen LogP contribution in [-0.4, -0.2) is 22.0 Å². The van der Waals surface area contributed by atoms with Crippen LogP contribution in [0.2, 0.25) is 5.02 Å². The Kier molecular flexibility index (Phi) is 7.37. The fourth-order valence-corrected chi connectivity index (χ4v) is 3.18. The summed E-state index contributed by atoms with van der Waals surface area (Å²) in [5, 5.41) is 3.37. The first kappa shape index (κ1) is 22.4. The van der Waals surface area contributed by atoms with E-state index in [0.717, 1.165) is 0 Å². The molecule has 2 rings (SSSR count). The SMILES string of the molecule is CC1=C(C(=O)NNC(N)=S)C(c2ccc(Cl)cc2)C(C(=O)NNC(N)=S)=C(C)N1. The third-order valence-corrected chi connectivity index (χ3v) is 4.51. The molecule has 0 aliphatic carbocycles. The summed E-state index contributed by atoms with van der Waals surface area (Å²) in [5.41, 5.74) is 22.8. The summed E-state index contributed by atoms with van der Waals surface area (Å²) in [6.07, 6.45) is 0. The number of amides is 2. The number of allylic oxidation sites excluding steroid dienone is 2. The third-order valence-electron chi connectivity index (χ3n) is 4.05. The summed E-state index contributed by atoms with van der Waals surface area (Å²) in [7, 11) is 0. The minimum Gasteiger partial charge on any atom is -0.375 e. The van der Waals surface area contributed by atoms with Gasteiger partial charge in [0, 0.05) is 33.5 Å². The van der Waals surface area contributed by atoms with Crippen molar-refractivity contribution in [3.8, 4) is 0 Å². The van der Waals surface area contributed by atoms with Crippen LogP contribution in [0.1, 0.15) is 25.3 Å². The maximum Gasteiger partial charge on any atom is 0.268 e. The number of thiocarbonyl (C=S) groups is 2. The molecule has 0 fully saturated rings. The molecule has 0 aromatic heterocycles. The Bertz CT molecular complexity index is 876. The topological polar surface area (TPSA) is 146 Å².